The van der Waals surface area contributed by atoms with Gasteiger partial charge in [0, 0.05) is 24.1 Å². The number of nitrogens with zero attached hydrogens (tertiary/aromatic N) is 1. The van der Waals surface area contributed by atoms with E-state index in [9.17, 15) is 9.59 Å². The van der Waals surface area contributed by atoms with Gasteiger partial charge in [-0.2, -0.15) is 0 Å². The molecule has 0 aliphatic heterocycles. The molecule has 124 valence electrons. The van der Waals surface area contributed by atoms with Crippen LogP contribution in [0.25, 0.3) is 10.2 Å². The summed E-state index contributed by atoms with van der Waals surface area (Å²) in [5.74, 6) is -0.863. The van der Waals surface area contributed by atoms with Gasteiger partial charge in [-0.25, -0.2) is 9.78 Å². The van der Waals surface area contributed by atoms with Crippen molar-refractivity contribution < 1.29 is 14.7 Å². The summed E-state index contributed by atoms with van der Waals surface area (Å²) in [6.07, 6.45) is 0.453. The van der Waals surface area contributed by atoms with E-state index in [0.717, 1.165) is 15.2 Å². The molecule has 0 spiro atoms. The lowest BCUT2D eigenvalue weighted by Gasteiger charge is -2.13. The van der Waals surface area contributed by atoms with Crippen molar-refractivity contribution in [3.8, 4) is 0 Å². The molecule has 1 aromatic carbocycles. The lowest BCUT2D eigenvalue weighted by molar-refractivity contribution is -0.137. The van der Waals surface area contributed by atoms with E-state index in [4.69, 9.17) is 5.11 Å². The van der Waals surface area contributed by atoms with Crippen LogP contribution in [-0.4, -0.2) is 28.6 Å². The van der Waals surface area contributed by atoms with Crippen LogP contribution in [0.4, 0.5) is 10.5 Å². The van der Waals surface area contributed by atoms with E-state index in [2.05, 4.69) is 36.4 Å². The summed E-state index contributed by atoms with van der Waals surface area (Å²) in [6, 6.07) is 5.26. The van der Waals surface area contributed by atoms with Crippen molar-refractivity contribution in [1.82, 2.24) is 10.3 Å². The standard InChI is InChI=1S/C16H21N3O3S/c1-16(2,3)14-19-11-7-6-10(9-12(11)23-14)18-15(22)17-8-4-5-13(20)21/h6-7,9H,4-5,8H2,1-3H3,(H,20,21)(H2,17,18,22). The number of aliphatic carboxylic acids is 1. The highest BCUT2D eigenvalue weighted by atomic mass is 32.1. The summed E-state index contributed by atoms with van der Waals surface area (Å²) in [7, 11) is 0. The first-order valence-corrected chi connectivity index (χ1v) is 8.25. The number of hydrogen-bond acceptors (Lipinski definition) is 4. The number of urea groups is 1. The zero-order valence-electron chi connectivity index (χ0n) is 13.5. The van der Waals surface area contributed by atoms with Crippen LogP contribution in [0.5, 0.6) is 0 Å². The maximum Gasteiger partial charge on any atom is 0.319 e. The Hall–Kier alpha value is -2.15. The van der Waals surface area contributed by atoms with E-state index in [-0.39, 0.29) is 17.9 Å². The van der Waals surface area contributed by atoms with Gasteiger partial charge in [-0.1, -0.05) is 20.8 Å². The Balaban J connectivity index is 1.98. The van der Waals surface area contributed by atoms with Crippen LogP contribution in [0.3, 0.4) is 0 Å². The van der Waals surface area contributed by atoms with Gasteiger partial charge in [0.05, 0.1) is 15.2 Å². The number of nitrogens with one attached hydrogen (secondary N) is 2. The third-order valence-corrected chi connectivity index (χ3v) is 4.58. The first-order chi connectivity index (χ1) is 10.8. The van der Waals surface area contributed by atoms with Gasteiger partial charge in [-0.3, -0.25) is 4.79 Å². The van der Waals surface area contributed by atoms with Gasteiger partial charge >= 0.3 is 12.0 Å². The molecule has 0 aliphatic carbocycles. The smallest absolute Gasteiger partial charge is 0.319 e. The highest BCUT2D eigenvalue weighted by molar-refractivity contribution is 7.18. The average molecular weight is 335 g/mol. The largest absolute Gasteiger partial charge is 0.481 e. The molecule has 3 N–H and O–H groups in total. The quantitative estimate of drug-likeness (QED) is 0.728. The van der Waals surface area contributed by atoms with Crippen molar-refractivity contribution in [3.63, 3.8) is 0 Å². The van der Waals surface area contributed by atoms with Gasteiger partial charge in [0.15, 0.2) is 0 Å². The number of thiazole rings is 1. The lowest BCUT2D eigenvalue weighted by atomic mass is 9.98. The Bertz CT molecular complexity index is 719. The molecule has 0 fully saturated rings. The van der Waals surface area contributed by atoms with Crippen molar-refractivity contribution >= 4 is 39.2 Å². The van der Waals surface area contributed by atoms with E-state index in [1.165, 1.54) is 0 Å². The number of rotatable bonds is 5. The number of aromatic nitrogens is 1. The van der Waals surface area contributed by atoms with Crippen molar-refractivity contribution in [1.29, 1.82) is 0 Å². The van der Waals surface area contributed by atoms with Gasteiger partial charge in [-0.05, 0) is 24.6 Å². The van der Waals surface area contributed by atoms with Gasteiger partial charge in [0.2, 0.25) is 0 Å². The second-order valence-electron chi connectivity index (χ2n) is 6.33. The molecule has 2 amide bonds. The van der Waals surface area contributed by atoms with E-state index >= 15 is 0 Å². The van der Waals surface area contributed by atoms with Crippen molar-refractivity contribution in [2.45, 2.75) is 39.0 Å². The van der Waals surface area contributed by atoms with E-state index < -0.39 is 5.97 Å². The second kappa shape index (κ2) is 6.95. The predicted octanol–water partition coefficient (Wildman–Crippen LogP) is 3.58. The summed E-state index contributed by atoms with van der Waals surface area (Å²) < 4.78 is 1.03. The number of carboxylic acids is 1. The van der Waals surface area contributed by atoms with E-state index in [1.54, 1.807) is 11.3 Å². The zero-order chi connectivity index (χ0) is 17.0. The van der Waals surface area contributed by atoms with E-state index in [0.29, 0.717) is 18.7 Å². The van der Waals surface area contributed by atoms with Crippen LogP contribution in [-0.2, 0) is 10.2 Å². The minimum absolute atomic E-state index is 0.00120. The first-order valence-electron chi connectivity index (χ1n) is 7.43. The molecule has 0 saturated carbocycles. The Labute approximate surface area is 138 Å². The summed E-state index contributed by atoms with van der Waals surface area (Å²) in [5, 5.41) is 15.0. The van der Waals surface area contributed by atoms with Crippen molar-refractivity contribution in [3.05, 3.63) is 23.2 Å². The molecule has 0 saturated heterocycles. The van der Waals surface area contributed by atoms with Crippen LogP contribution in [0, 0.1) is 0 Å². The fourth-order valence-corrected chi connectivity index (χ4v) is 3.00. The van der Waals surface area contributed by atoms with Gasteiger partial charge < -0.3 is 15.7 Å². The molecule has 2 aromatic rings. The molecule has 23 heavy (non-hydrogen) atoms. The third kappa shape index (κ3) is 4.92. The average Bonchev–Trinajstić information content (AvgIpc) is 2.86. The van der Waals surface area contributed by atoms with Crippen LogP contribution >= 0.6 is 11.3 Å². The number of carbonyl (C=O) groups is 2. The highest BCUT2D eigenvalue weighted by Crippen LogP contribution is 2.32. The molecule has 1 heterocycles. The Morgan fingerprint density at radius 1 is 1.30 bits per heavy atom. The number of carboxylic acid groups (broad SMARTS) is 1. The molecule has 0 radical (unpaired) electrons. The fourth-order valence-electron chi connectivity index (χ4n) is 1.94. The molecule has 1 aromatic heterocycles. The van der Waals surface area contributed by atoms with Crippen LogP contribution < -0.4 is 10.6 Å². The number of anilines is 1. The Morgan fingerprint density at radius 2 is 2.04 bits per heavy atom. The molecule has 7 heteroatoms. The third-order valence-electron chi connectivity index (χ3n) is 3.14. The molecular weight excluding hydrogens is 314 g/mol. The minimum atomic E-state index is -0.863. The maximum absolute atomic E-state index is 11.8. The Morgan fingerprint density at radius 3 is 2.70 bits per heavy atom. The van der Waals surface area contributed by atoms with Gasteiger partial charge in [-0.15, -0.1) is 11.3 Å². The SMILES string of the molecule is CC(C)(C)c1nc2ccc(NC(=O)NCCCC(=O)O)cc2s1. The number of benzene rings is 1. The topological polar surface area (TPSA) is 91.3 Å². The monoisotopic (exact) mass is 335 g/mol. The predicted molar refractivity (Wildman–Crippen MR) is 92.2 cm³/mol. The maximum atomic E-state index is 11.8. The zero-order valence-corrected chi connectivity index (χ0v) is 14.3. The normalized spacial score (nSPS) is 11.4. The summed E-state index contributed by atoms with van der Waals surface area (Å²) >= 11 is 1.62. The van der Waals surface area contributed by atoms with Crippen LogP contribution in [0.15, 0.2) is 18.2 Å². The molecule has 0 bridgehead atoms. The minimum Gasteiger partial charge on any atom is -0.481 e. The summed E-state index contributed by atoms with van der Waals surface area (Å²) in [4.78, 5) is 26.8. The summed E-state index contributed by atoms with van der Waals surface area (Å²) in [6.45, 7) is 6.69. The molecular formula is C16H21N3O3S. The number of amides is 2. The fraction of sp³-hybridized carbons (Fsp3) is 0.438. The number of carbonyl (C=O) groups excluding carboxylic acids is 1. The number of hydrogen-bond donors (Lipinski definition) is 3. The van der Waals surface area contributed by atoms with Crippen molar-refractivity contribution in [2.75, 3.05) is 11.9 Å². The molecule has 2 rings (SSSR count). The highest BCUT2D eigenvalue weighted by Gasteiger charge is 2.18. The van der Waals surface area contributed by atoms with Crippen LogP contribution in [0.2, 0.25) is 0 Å². The molecule has 0 aliphatic rings. The number of fused-ring (bicyclic) bond motifs is 1. The summed E-state index contributed by atoms with van der Waals surface area (Å²) in [5.41, 5.74) is 1.61. The van der Waals surface area contributed by atoms with E-state index in [1.807, 2.05) is 18.2 Å². The molecule has 6 nitrogen and oxygen atoms in total. The molecule has 0 atom stereocenters. The first kappa shape index (κ1) is 17.2. The van der Waals surface area contributed by atoms with Gasteiger partial charge in [0.1, 0.15) is 0 Å². The van der Waals surface area contributed by atoms with Gasteiger partial charge in [0.25, 0.3) is 0 Å². The second-order valence-corrected chi connectivity index (χ2v) is 7.36. The lowest BCUT2D eigenvalue weighted by Crippen LogP contribution is -2.29. The van der Waals surface area contributed by atoms with Crippen LogP contribution in [0.1, 0.15) is 38.6 Å². The molecule has 0 unspecified atom stereocenters. The van der Waals surface area contributed by atoms with Crippen molar-refractivity contribution in [2.24, 2.45) is 0 Å². The Kier molecular flexibility index (Phi) is 5.20.